The largest absolute Gasteiger partial charge is 0.378 e. The molecule has 2 aliphatic heterocycles. The molecule has 12 heteroatoms. The molecule has 3 N–H and O–H groups in total. The van der Waals surface area contributed by atoms with Crippen molar-refractivity contribution in [3.63, 3.8) is 0 Å². The van der Waals surface area contributed by atoms with E-state index in [4.69, 9.17) is 9.72 Å². The second-order valence-corrected chi connectivity index (χ2v) is 8.98. The molecule has 0 aliphatic carbocycles. The van der Waals surface area contributed by atoms with Gasteiger partial charge in [0.25, 0.3) is 5.91 Å². The molecule has 0 radical (unpaired) electrons. The molecule has 1 atom stereocenters. The first-order valence-electron chi connectivity index (χ1n) is 12.2. The molecule has 2 aliphatic rings. The molecular weight excluding hydrogens is 474 g/mol. The summed E-state index contributed by atoms with van der Waals surface area (Å²) in [6.07, 6.45) is 9.53. The van der Waals surface area contributed by atoms with Crippen LogP contribution >= 0.6 is 0 Å². The van der Waals surface area contributed by atoms with Gasteiger partial charge in [-0.15, -0.1) is 0 Å². The standard InChI is InChI=1S/C25H25N9O3/c1-2-20(35)29-16-7-14(9-26-11-16)15-8-17-22(32-33-23(17)28-10-15)24-30-19-13-27-12-18(21(19)31-24)25(36)34-3-5-37-6-4-34/h8-14H,2-7H2,1H3,(H,29,35)(H,30,31)(H,28,32,33). The van der Waals surface area contributed by atoms with E-state index in [0.717, 1.165) is 16.6 Å². The fourth-order valence-corrected chi connectivity index (χ4v) is 4.58. The Kier molecular flexibility index (Phi) is 5.93. The average molecular weight is 500 g/mol. The molecule has 0 bridgehead atoms. The number of rotatable bonds is 5. The fourth-order valence-electron chi connectivity index (χ4n) is 4.58. The van der Waals surface area contributed by atoms with Gasteiger partial charge in [0.1, 0.15) is 11.2 Å². The van der Waals surface area contributed by atoms with E-state index in [1.165, 1.54) is 0 Å². The molecule has 0 aromatic carbocycles. The number of aromatic nitrogens is 6. The van der Waals surface area contributed by atoms with Crippen LogP contribution in [-0.2, 0) is 9.53 Å². The Bertz CT molecular complexity index is 1560. The summed E-state index contributed by atoms with van der Waals surface area (Å²) in [7, 11) is 0. The van der Waals surface area contributed by atoms with Crippen LogP contribution in [0.3, 0.4) is 0 Å². The lowest BCUT2D eigenvalue weighted by Gasteiger charge is -2.26. The summed E-state index contributed by atoms with van der Waals surface area (Å²) >= 11 is 0. The Morgan fingerprint density at radius 3 is 2.92 bits per heavy atom. The number of hydrogen-bond donors (Lipinski definition) is 3. The second-order valence-electron chi connectivity index (χ2n) is 8.98. The van der Waals surface area contributed by atoms with Crippen LogP contribution in [0, 0.1) is 0 Å². The highest BCUT2D eigenvalue weighted by Crippen LogP contribution is 2.31. The van der Waals surface area contributed by atoms with Crippen LogP contribution in [0.2, 0.25) is 0 Å². The SMILES string of the molecule is CCC(=O)NC1=CN=CC(c2cnc3[nH]nc(-c4nc5c(C(=O)N6CCOCC6)cncc5[nH]4)c3c2)C1. The first kappa shape index (κ1) is 23.0. The van der Waals surface area contributed by atoms with E-state index in [1.54, 1.807) is 29.7 Å². The molecule has 37 heavy (non-hydrogen) atoms. The third-order valence-electron chi connectivity index (χ3n) is 6.57. The van der Waals surface area contributed by atoms with Gasteiger partial charge in [0, 0.05) is 62.4 Å². The Hall–Kier alpha value is -4.45. The highest BCUT2D eigenvalue weighted by atomic mass is 16.5. The number of allylic oxidation sites excluding steroid dienone is 1. The van der Waals surface area contributed by atoms with Gasteiger partial charge in [-0.3, -0.25) is 24.7 Å². The first-order valence-corrected chi connectivity index (χ1v) is 12.2. The maximum absolute atomic E-state index is 13.2. The van der Waals surface area contributed by atoms with Crippen molar-refractivity contribution in [2.75, 3.05) is 26.3 Å². The van der Waals surface area contributed by atoms with Gasteiger partial charge in [-0.2, -0.15) is 5.10 Å². The number of hydrogen-bond acceptors (Lipinski definition) is 8. The first-order chi connectivity index (χ1) is 18.1. The summed E-state index contributed by atoms with van der Waals surface area (Å²) in [6, 6.07) is 2.01. The molecule has 1 fully saturated rings. The number of ether oxygens (including phenoxy) is 1. The normalized spacial score (nSPS) is 17.8. The predicted molar refractivity (Wildman–Crippen MR) is 136 cm³/mol. The number of nitrogens with zero attached hydrogens (tertiary/aromatic N) is 6. The predicted octanol–water partition coefficient (Wildman–Crippen LogP) is 2.29. The summed E-state index contributed by atoms with van der Waals surface area (Å²) < 4.78 is 5.37. The highest BCUT2D eigenvalue weighted by molar-refractivity contribution is 6.05. The number of nitrogens with one attached hydrogen (secondary N) is 3. The molecule has 6 heterocycles. The molecule has 6 rings (SSSR count). The monoisotopic (exact) mass is 499 g/mol. The molecule has 1 unspecified atom stereocenters. The Labute approximate surface area is 211 Å². The lowest BCUT2D eigenvalue weighted by Crippen LogP contribution is -2.40. The quantitative estimate of drug-likeness (QED) is 0.381. The number of aromatic amines is 2. The van der Waals surface area contributed by atoms with Crippen molar-refractivity contribution in [2.24, 2.45) is 4.99 Å². The van der Waals surface area contributed by atoms with Crippen molar-refractivity contribution >= 4 is 40.1 Å². The average Bonchev–Trinajstić information content (AvgIpc) is 3.57. The number of H-pyrrole nitrogens is 2. The van der Waals surface area contributed by atoms with Gasteiger partial charge in [0.2, 0.25) is 5.91 Å². The van der Waals surface area contributed by atoms with E-state index < -0.39 is 0 Å². The zero-order chi connectivity index (χ0) is 25.4. The van der Waals surface area contributed by atoms with Gasteiger partial charge >= 0.3 is 0 Å². The van der Waals surface area contributed by atoms with Crippen molar-refractivity contribution in [1.82, 2.24) is 40.3 Å². The number of aliphatic imine (C=N–C) groups is 1. The summed E-state index contributed by atoms with van der Waals surface area (Å²) in [5, 5.41) is 11.1. The Balaban J connectivity index is 1.33. The fraction of sp³-hybridized carbons (Fsp3) is 0.320. The van der Waals surface area contributed by atoms with Crippen LogP contribution in [0.4, 0.5) is 0 Å². The van der Waals surface area contributed by atoms with E-state index in [-0.39, 0.29) is 17.7 Å². The summed E-state index contributed by atoms with van der Waals surface area (Å²) in [4.78, 5) is 47.9. The van der Waals surface area contributed by atoms with Crippen molar-refractivity contribution in [3.05, 3.63) is 47.7 Å². The minimum atomic E-state index is -0.120. The molecule has 4 aromatic rings. The van der Waals surface area contributed by atoms with Crippen LogP contribution in [0.5, 0.6) is 0 Å². The maximum Gasteiger partial charge on any atom is 0.257 e. The summed E-state index contributed by atoms with van der Waals surface area (Å²) in [5.74, 6) is 0.302. The maximum atomic E-state index is 13.2. The van der Waals surface area contributed by atoms with E-state index in [9.17, 15) is 9.59 Å². The van der Waals surface area contributed by atoms with Gasteiger partial charge in [-0.25, -0.2) is 9.97 Å². The zero-order valence-electron chi connectivity index (χ0n) is 20.2. The van der Waals surface area contributed by atoms with Gasteiger partial charge in [-0.05, 0) is 11.6 Å². The van der Waals surface area contributed by atoms with E-state index >= 15 is 0 Å². The van der Waals surface area contributed by atoms with Gasteiger partial charge < -0.3 is 19.9 Å². The number of fused-ring (bicyclic) bond motifs is 2. The molecule has 0 spiro atoms. The van der Waals surface area contributed by atoms with Gasteiger partial charge in [0.05, 0.1) is 35.9 Å². The number of amides is 2. The molecule has 188 valence electrons. The van der Waals surface area contributed by atoms with Crippen molar-refractivity contribution in [2.45, 2.75) is 25.7 Å². The second kappa shape index (κ2) is 9.54. The van der Waals surface area contributed by atoms with E-state index in [2.05, 4.69) is 35.5 Å². The molecule has 4 aromatic heterocycles. The van der Waals surface area contributed by atoms with Crippen molar-refractivity contribution < 1.29 is 14.3 Å². The smallest absolute Gasteiger partial charge is 0.257 e. The van der Waals surface area contributed by atoms with Gasteiger partial charge in [0.15, 0.2) is 11.5 Å². The number of imidazole rings is 1. The van der Waals surface area contributed by atoms with E-state index in [1.807, 2.05) is 19.2 Å². The van der Waals surface area contributed by atoms with Crippen LogP contribution < -0.4 is 5.32 Å². The molecule has 2 amide bonds. The number of pyridine rings is 2. The topological polar surface area (TPSA) is 154 Å². The van der Waals surface area contributed by atoms with Crippen molar-refractivity contribution in [3.8, 4) is 11.5 Å². The minimum absolute atomic E-state index is 0.0429. The third kappa shape index (κ3) is 4.35. The summed E-state index contributed by atoms with van der Waals surface area (Å²) in [6.45, 7) is 3.92. The number of carbonyl (C=O) groups is 2. The molecule has 0 saturated carbocycles. The van der Waals surface area contributed by atoms with Crippen LogP contribution in [-0.4, -0.2) is 79.4 Å². The van der Waals surface area contributed by atoms with E-state index in [0.29, 0.717) is 72.9 Å². The van der Waals surface area contributed by atoms with Gasteiger partial charge in [-0.1, -0.05) is 6.92 Å². The zero-order valence-corrected chi connectivity index (χ0v) is 20.2. The lowest BCUT2D eigenvalue weighted by molar-refractivity contribution is -0.120. The van der Waals surface area contributed by atoms with Crippen molar-refractivity contribution in [1.29, 1.82) is 0 Å². The Morgan fingerprint density at radius 2 is 2.08 bits per heavy atom. The summed E-state index contributed by atoms with van der Waals surface area (Å²) in [5.41, 5.74) is 4.55. The Morgan fingerprint density at radius 1 is 1.22 bits per heavy atom. The highest BCUT2D eigenvalue weighted by Gasteiger charge is 2.24. The number of morpholine rings is 1. The minimum Gasteiger partial charge on any atom is -0.378 e. The van der Waals surface area contributed by atoms with Crippen LogP contribution in [0.1, 0.15) is 41.6 Å². The molecule has 12 nitrogen and oxygen atoms in total. The van der Waals surface area contributed by atoms with Crippen LogP contribution in [0.15, 0.2) is 41.5 Å². The number of carbonyl (C=O) groups excluding carboxylic acids is 2. The lowest BCUT2D eigenvalue weighted by atomic mass is 9.94. The third-order valence-corrected chi connectivity index (χ3v) is 6.57. The van der Waals surface area contributed by atoms with Crippen LogP contribution in [0.25, 0.3) is 33.6 Å². The molecule has 1 saturated heterocycles. The molecular formula is C25H25N9O3.